The second-order valence-corrected chi connectivity index (χ2v) is 3.82. The molecule has 0 heterocycles. The first kappa shape index (κ1) is 15.6. The Bertz CT molecular complexity index is 485. The fraction of sp³-hybridized carbons (Fsp3) is 0.308. The van der Waals surface area contributed by atoms with Gasteiger partial charge in [0, 0.05) is 11.3 Å². The Morgan fingerprint density at radius 2 is 1.85 bits per heavy atom. The van der Waals surface area contributed by atoms with E-state index in [0.29, 0.717) is 11.3 Å². The first-order valence-electron chi connectivity index (χ1n) is 6.10. The van der Waals surface area contributed by atoms with Gasteiger partial charge in [-0.05, 0) is 31.2 Å². The predicted molar refractivity (Wildman–Crippen MR) is 73.1 cm³/mol. The lowest BCUT2D eigenvalue weighted by atomic mass is 10.2. The molecule has 20 heavy (non-hydrogen) atoms. The molecule has 7 nitrogen and oxygen atoms in total. The molecule has 0 unspecified atom stereocenters. The topological polar surface area (TPSA) is 111 Å². The molecular weight excluding hydrogens is 262 g/mol. The number of rotatable bonds is 6. The van der Waals surface area contributed by atoms with Crippen LogP contribution in [0.3, 0.4) is 0 Å². The Labute approximate surface area is 116 Å². The van der Waals surface area contributed by atoms with Crippen LogP contribution in [-0.4, -0.2) is 37.5 Å². The van der Waals surface area contributed by atoms with Crippen LogP contribution in [0.5, 0.6) is 0 Å². The number of carbonyl (C=O) groups is 3. The number of hydrogen-bond acceptors (Lipinski definition) is 5. The van der Waals surface area contributed by atoms with Crippen molar-refractivity contribution in [2.75, 3.05) is 25.0 Å². The summed E-state index contributed by atoms with van der Waals surface area (Å²) in [5, 5.41) is 4.99. The summed E-state index contributed by atoms with van der Waals surface area (Å²) < 4.78 is 4.69. The van der Waals surface area contributed by atoms with Gasteiger partial charge in [0.15, 0.2) is 0 Å². The van der Waals surface area contributed by atoms with Gasteiger partial charge in [-0.25, -0.2) is 0 Å². The third-order valence-corrected chi connectivity index (χ3v) is 2.31. The van der Waals surface area contributed by atoms with Crippen LogP contribution in [0.2, 0.25) is 0 Å². The van der Waals surface area contributed by atoms with E-state index < -0.39 is 11.9 Å². The average molecular weight is 279 g/mol. The molecule has 1 rings (SSSR count). The Balaban J connectivity index is 2.53. The van der Waals surface area contributed by atoms with Gasteiger partial charge in [-0.1, -0.05) is 0 Å². The Morgan fingerprint density at radius 3 is 2.40 bits per heavy atom. The zero-order valence-electron chi connectivity index (χ0n) is 11.1. The lowest BCUT2D eigenvalue weighted by molar-refractivity contribution is -0.141. The van der Waals surface area contributed by atoms with Crippen LogP contribution < -0.4 is 16.4 Å². The van der Waals surface area contributed by atoms with Gasteiger partial charge in [-0.15, -0.1) is 0 Å². The number of nitrogens with two attached hydrogens (primary N) is 1. The monoisotopic (exact) mass is 279 g/mol. The minimum Gasteiger partial charge on any atom is -0.465 e. The van der Waals surface area contributed by atoms with Crippen LogP contribution in [0.1, 0.15) is 17.3 Å². The molecule has 0 saturated carbocycles. The molecule has 0 fully saturated rings. The Kier molecular flexibility index (Phi) is 6.18. The number of hydrogen-bond donors (Lipinski definition) is 3. The maximum Gasteiger partial charge on any atom is 0.325 e. The number of benzene rings is 1. The largest absolute Gasteiger partial charge is 0.465 e. The lowest BCUT2D eigenvalue weighted by Crippen LogP contribution is -2.30. The summed E-state index contributed by atoms with van der Waals surface area (Å²) >= 11 is 0. The molecule has 0 radical (unpaired) electrons. The van der Waals surface area contributed by atoms with Crippen molar-refractivity contribution in [1.29, 1.82) is 0 Å². The van der Waals surface area contributed by atoms with Gasteiger partial charge in [0.1, 0.15) is 6.54 Å². The van der Waals surface area contributed by atoms with Gasteiger partial charge in [0.2, 0.25) is 5.91 Å². The van der Waals surface area contributed by atoms with Gasteiger partial charge < -0.3 is 21.1 Å². The maximum atomic E-state index is 11.7. The quantitative estimate of drug-likeness (QED) is 0.629. The fourth-order valence-corrected chi connectivity index (χ4v) is 1.38. The zero-order valence-corrected chi connectivity index (χ0v) is 11.1. The molecule has 0 aliphatic carbocycles. The summed E-state index contributed by atoms with van der Waals surface area (Å²) in [7, 11) is 0. The van der Waals surface area contributed by atoms with Crippen LogP contribution in [0.4, 0.5) is 5.69 Å². The third kappa shape index (κ3) is 5.07. The molecule has 0 aliphatic rings. The predicted octanol–water partition coefficient (Wildman–Crippen LogP) is -0.123. The van der Waals surface area contributed by atoms with Gasteiger partial charge >= 0.3 is 5.97 Å². The van der Waals surface area contributed by atoms with E-state index in [0.717, 1.165) is 0 Å². The minimum atomic E-state index is -0.493. The number of ether oxygens (including phenoxy) is 1. The molecule has 0 aromatic heterocycles. The molecular formula is C13H17N3O4. The van der Waals surface area contributed by atoms with Crippen molar-refractivity contribution in [3.8, 4) is 0 Å². The standard InChI is InChI=1S/C13H17N3O4/c1-2-20-12(18)8-15-13(19)9-3-5-10(6-4-9)16-11(17)7-14/h3-6H,2,7-8,14H2,1H3,(H,15,19)(H,16,17). The van der Waals surface area contributed by atoms with Gasteiger partial charge in [-0.3, -0.25) is 14.4 Å². The SMILES string of the molecule is CCOC(=O)CNC(=O)c1ccc(NC(=O)CN)cc1. The van der Waals surface area contributed by atoms with E-state index in [4.69, 9.17) is 10.5 Å². The Morgan fingerprint density at radius 1 is 1.20 bits per heavy atom. The van der Waals surface area contributed by atoms with Crippen molar-refractivity contribution >= 4 is 23.5 Å². The molecule has 0 aliphatic heterocycles. The molecule has 108 valence electrons. The number of anilines is 1. The third-order valence-electron chi connectivity index (χ3n) is 2.31. The van der Waals surface area contributed by atoms with Crippen molar-refractivity contribution in [2.24, 2.45) is 5.73 Å². The number of nitrogens with one attached hydrogen (secondary N) is 2. The minimum absolute atomic E-state index is 0.109. The molecule has 0 bridgehead atoms. The summed E-state index contributed by atoms with van der Waals surface area (Å²) in [6.45, 7) is 1.67. The highest BCUT2D eigenvalue weighted by Gasteiger charge is 2.08. The van der Waals surface area contributed by atoms with Crippen molar-refractivity contribution < 1.29 is 19.1 Å². The summed E-state index contributed by atoms with van der Waals surface area (Å²) in [4.78, 5) is 33.9. The fourth-order valence-electron chi connectivity index (χ4n) is 1.38. The molecule has 4 N–H and O–H groups in total. The maximum absolute atomic E-state index is 11.7. The average Bonchev–Trinajstić information content (AvgIpc) is 2.45. The second kappa shape index (κ2) is 7.90. The lowest BCUT2D eigenvalue weighted by Gasteiger charge is -2.06. The summed E-state index contributed by atoms with van der Waals surface area (Å²) in [6, 6.07) is 6.22. The molecule has 0 atom stereocenters. The van der Waals surface area contributed by atoms with Crippen molar-refractivity contribution in [3.63, 3.8) is 0 Å². The van der Waals surface area contributed by atoms with Crippen molar-refractivity contribution in [1.82, 2.24) is 5.32 Å². The van der Waals surface area contributed by atoms with E-state index >= 15 is 0 Å². The van der Waals surface area contributed by atoms with Crippen LogP contribution in [-0.2, 0) is 14.3 Å². The van der Waals surface area contributed by atoms with E-state index in [1.807, 2.05) is 0 Å². The normalized spacial score (nSPS) is 9.70. The van der Waals surface area contributed by atoms with Crippen LogP contribution in [0.15, 0.2) is 24.3 Å². The molecule has 0 spiro atoms. The first-order valence-corrected chi connectivity index (χ1v) is 6.10. The molecule has 7 heteroatoms. The number of carbonyl (C=O) groups excluding carboxylic acids is 3. The van der Waals surface area contributed by atoms with E-state index in [9.17, 15) is 14.4 Å². The van der Waals surface area contributed by atoms with Crippen molar-refractivity contribution in [3.05, 3.63) is 29.8 Å². The highest BCUT2D eigenvalue weighted by Crippen LogP contribution is 2.09. The van der Waals surface area contributed by atoms with Crippen LogP contribution >= 0.6 is 0 Å². The highest BCUT2D eigenvalue weighted by atomic mass is 16.5. The molecule has 1 aromatic rings. The Hall–Kier alpha value is -2.41. The van der Waals surface area contributed by atoms with E-state index in [2.05, 4.69) is 10.6 Å². The van der Waals surface area contributed by atoms with E-state index in [-0.39, 0.29) is 25.6 Å². The summed E-state index contributed by atoms with van der Waals surface area (Å²) in [6.07, 6.45) is 0. The molecule has 2 amide bonds. The second-order valence-electron chi connectivity index (χ2n) is 3.82. The summed E-state index contributed by atoms with van der Waals surface area (Å²) in [5.74, 6) is -1.20. The number of amides is 2. The van der Waals surface area contributed by atoms with Crippen molar-refractivity contribution in [2.45, 2.75) is 6.92 Å². The highest BCUT2D eigenvalue weighted by molar-refractivity contribution is 5.97. The van der Waals surface area contributed by atoms with E-state index in [1.165, 1.54) is 12.1 Å². The zero-order chi connectivity index (χ0) is 15.0. The first-order chi connectivity index (χ1) is 9.56. The van der Waals surface area contributed by atoms with Crippen LogP contribution in [0, 0.1) is 0 Å². The molecule has 1 aromatic carbocycles. The summed E-state index contributed by atoms with van der Waals surface area (Å²) in [5.41, 5.74) is 6.09. The van der Waals surface area contributed by atoms with Gasteiger partial charge in [-0.2, -0.15) is 0 Å². The van der Waals surface area contributed by atoms with E-state index in [1.54, 1.807) is 19.1 Å². The smallest absolute Gasteiger partial charge is 0.325 e. The van der Waals surface area contributed by atoms with Crippen LogP contribution in [0.25, 0.3) is 0 Å². The van der Waals surface area contributed by atoms with Gasteiger partial charge in [0.05, 0.1) is 13.2 Å². The number of esters is 1. The molecule has 0 saturated heterocycles. The van der Waals surface area contributed by atoms with Gasteiger partial charge in [0.25, 0.3) is 5.91 Å².